The molecule has 1 saturated heterocycles. The summed E-state index contributed by atoms with van der Waals surface area (Å²) in [6, 6.07) is 8.78. The SMILES string of the molecule is CC(C)c1ccc(CC2C(=O)NNC2C)cc1. The van der Waals surface area contributed by atoms with Crippen LogP contribution in [0.15, 0.2) is 24.3 Å². The summed E-state index contributed by atoms with van der Waals surface area (Å²) in [5, 5.41) is 0. The van der Waals surface area contributed by atoms with Crippen molar-refractivity contribution in [2.75, 3.05) is 0 Å². The Morgan fingerprint density at radius 1 is 1.24 bits per heavy atom. The molecule has 1 amide bonds. The molecule has 1 fully saturated rings. The molecule has 0 spiro atoms. The van der Waals surface area contributed by atoms with Gasteiger partial charge in [-0.2, -0.15) is 0 Å². The van der Waals surface area contributed by atoms with Gasteiger partial charge in [0.15, 0.2) is 0 Å². The molecule has 2 unspecified atom stereocenters. The third-order valence-corrected chi connectivity index (χ3v) is 3.47. The number of carbonyl (C=O) groups is 1. The lowest BCUT2D eigenvalue weighted by molar-refractivity contribution is -0.122. The lowest BCUT2D eigenvalue weighted by Gasteiger charge is -2.12. The first-order valence-corrected chi connectivity index (χ1v) is 6.22. The van der Waals surface area contributed by atoms with E-state index in [4.69, 9.17) is 0 Å². The molecule has 0 saturated carbocycles. The van der Waals surface area contributed by atoms with Gasteiger partial charge in [-0.25, -0.2) is 5.43 Å². The maximum absolute atomic E-state index is 11.6. The smallest absolute Gasteiger partial charge is 0.239 e. The average Bonchev–Trinajstić information content (AvgIpc) is 2.61. The molecule has 17 heavy (non-hydrogen) atoms. The third kappa shape index (κ3) is 2.67. The van der Waals surface area contributed by atoms with Gasteiger partial charge in [0.25, 0.3) is 0 Å². The van der Waals surface area contributed by atoms with Gasteiger partial charge in [-0.1, -0.05) is 38.1 Å². The zero-order valence-electron chi connectivity index (χ0n) is 10.7. The molecule has 2 N–H and O–H groups in total. The highest BCUT2D eigenvalue weighted by Gasteiger charge is 2.30. The quantitative estimate of drug-likeness (QED) is 0.837. The van der Waals surface area contributed by atoms with Crippen molar-refractivity contribution in [1.82, 2.24) is 10.9 Å². The number of benzene rings is 1. The summed E-state index contributed by atoms with van der Waals surface area (Å²) in [5.74, 6) is 0.699. The topological polar surface area (TPSA) is 41.1 Å². The first-order valence-electron chi connectivity index (χ1n) is 6.22. The molecule has 2 atom stereocenters. The van der Waals surface area contributed by atoms with Crippen LogP contribution in [0.3, 0.4) is 0 Å². The molecule has 0 aromatic heterocycles. The highest BCUT2D eigenvalue weighted by atomic mass is 16.2. The summed E-state index contributed by atoms with van der Waals surface area (Å²) < 4.78 is 0. The largest absolute Gasteiger partial charge is 0.291 e. The van der Waals surface area contributed by atoms with E-state index in [2.05, 4.69) is 49.0 Å². The predicted octanol–water partition coefficient (Wildman–Crippen LogP) is 1.99. The first-order chi connectivity index (χ1) is 8.08. The molecular weight excluding hydrogens is 212 g/mol. The van der Waals surface area contributed by atoms with E-state index in [1.54, 1.807) is 0 Å². The molecule has 1 heterocycles. The van der Waals surface area contributed by atoms with Gasteiger partial charge in [0.1, 0.15) is 0 Å². The van der Waals surface area contributed by atoms with Crippen molar-refractivity contribution in [2.24, 2.45) is 5.92 Å². The summed E-state index contributed by atoms with van der Waals surface area (Å²) in [6.45, 7) is 6.40. The van der Waals surface area contributed by atoms with Crippen LogP contribution >= 0.6 is 0 Å². The van der Waals surface area contributed by atoms with Crippen LogP contribution in [-0.4, -0.2) is 11.9 Å². The number of nitrogens with one attached hydrogen (secondary N) is 2. The van der Waals surface area contributed by atoms with Gasteiger partial charge in [-0.05, 0) is 30.4 Å². The van der Waals surface area contributed by atoms with Crippen LogP contribution in [0.1, 0.15) is 37.8 Å². The molecule has 0 aliphatic carbocycles. The van der Waals surface area contributed by atoms with Crippen molar-refractivity contribution in [3.63, 3.8) is 0 Å². The minimum Gasteiger partial charge on any atom is -0.291 e. The second-order valence-corrected chi connectivity index (χ2v) is 5.13. The maximum Gasteiger partial charge on any atom is 0.239 e. The van der Waals surface area contributed by atoms with Crippen molar-refractivity contribution in [2.45, 2.75) is 39.2 Å². The number of carbonyl (C=O) groups excluding carboxylic acids is 1. The average molecular weight is 232 g/mol. The van der Waals surface area contributed by atoms with Gasteiger partial charge in [-0.15, -0.1) is 0 Å². The Hall–Kier alpha value is -1.35. The molecule has 1 aliphatic rings. The van der Waals surface area contributed by atoms with Crippen LogP contribution in [0, 0.1) is 5.92 Å². The van der Waals surface area contributed by atoms with Gasteiger partial charge in [0, 0.05) is 6.04 Å². The highest BCUT2D eigenvalue weighted by molar-refractivity contribution is 5.81. The normalized spacial score (nSPS) is 24.1. The second kappa shape index (κ2) is 4.88. The van der Waals surface area contributed by atoms with Crippen molar-refractivity contribution < 1.29 is 4.79 Å². The van der Waals surface area contributed by atoms with Crippen LogP contribution in [0.4, 0.5) is 0 Å². The maximum atomic E-state index is 11.6. The van der Waals surface area contributed by atoms with E-state index in [0.29, 0.717) is 5.92 Å². The molecule has 1 aromatic rings. The highest BCUT2D eigenvalue weighted by Crippen LogP contribution is 2.19. The van der Waals surface area contributed by atoms with E-state index in [9.17, 15) is 4.79 Å². The minimum absolute atomic E-state index is 0.0416. The monoisotopic (exact) mass is 232 g/mol. The predicted molar refractivity (Wildman–Crippen MR) is 68.5 cm³/mol. The first kappa shape index (κ1) is 12.1. The van der Waals surface area contributed by atoms with Crippen LogP contribution in [0.2, 0.25) is 0 Å². The zero-order chi connectivity index (χ0) is 12.4. The van der Waals surface area contributed by atoms with Crippen LogP contribution in [-0.2, 0) is 11.2 Å². The Labute approximate surface area is 103 Å². The number of hydrazine groups is 1. The van der Waals surface area contributed by atoms with Crippen molar-refractivity contribution in [1.29, 1.82) is 0 Å². The van der Waals surface area contributed by atoms with E-state index in [-0.39, 0.29) is 17.9 Å². The van der Waals surface area contributed by atoms with Crippen LogP contribution in [0.5, 0.6) is 0 Å². The van der Waals surface area contributed by atoms with Crippen molar-refractivity contribution in [3.8, 4) is 0 Å². The third-order valence-electron chi connectivity index (χ3n) is 3.47. The molecule has 1 aliphatic heterocycles. The fourth-order valence-electron chi connectivity index (χ4n) is 2.17. The lowest BCUT2D eigenvalue weighted by atomic mass is 9.92. The van der Waals surface area contributed by atoms with E-state index >= 15 is 0 Å². The van der Waals surface area contributed by atoms with E-state index < -0.39 is 0 Å². The number of hydrogen-bond donors (Lipinski definition) is 2. The Morgan fingerprint density at radius 3 is 2.35 bits per heavy atom. The van der Waals surface area contributed by atoms with E-state index in [1.807, 2.05) is 6.92 Å². The summed E-state index contributed by atoms with van der Waals surface area (Å²) in [6.07, 6.45) is 0.804. The lowest BCUT2D eigenvalue weighted by Crippen LogP contribution is -2.29. The van der Waals surface area contributed by atoms with E-state index in [1.165, 1.54) is 11.1 Å². The fraction of sp³-hybridized carbons (Fsp3) is 0.500. The van der Waals surface area contributed by atoms with E-state index in [0.717, 1.165) is 6.42 Å². The summed E-state index contributed by atoms with van der Waals surface area (Å²) >= 11 is 0. The molecule has 3 nitrogen and oxygen atoms in total. The Bertz CT molecular complexity index is 397. The van der Waals surface area contributed by atoms with Gasteiger partial charge in [0.05, 0.1) is 5.92 Å². The summed E-state index contributed by atoms with van der Waals surface area (Å²) in [4.78, 5) is 11.6. The van der Waals surface area contributed by atoms with Gasteiger partial charge in [0.2, 0.25) is 5.91 Å². The summed E-state index contributed by atoms with van der Waals surface area (Å²) in [5.41, 5.74) is 8.22. The number of hydrogen-bond acceptors (Lipinski definition) is 2. The number of rotatable bonds is 3. The molecule has 2 rings (SSSR count). The standard InChI is InChI=1S/C14H20N2O/c1-9(2)12-6-4-11(5-7-12)8-13-10(3)15-16-14(13)17/h4-7,9-10,13,15H,8H2,1-3H3,(H,16,17). The molecular formula is C14H20N2O. The van der Waals surface area contributed by atoms with Crippen LogP contribution < -0.4 is 10.9 Å². The van der Waals surface area contributed by atoms with Crippen molar-refractivity contribution >= 4 is 5.91 Å². The Morgan fingerprint density at radius 2 is 1.88 bits per heavy atom. The Balaban J connectivity index is 2.06. The van der Waals surface area contributed by atoms with Crippen LogP contribution in [0.25, 0.3) is 0 Å². The molecule has 92 valence electrons. The Kier molecular flexibility index (Phi) is 3.48. The molecule has 3 heteroatoms. The van der Waals surface area contributed by atoms with Crippen molar-refractivity contribution in [3.05, 3.63) is 35.4 Å². The fourth-order valence-corrected chi connectivity index (χ4v) is 2.17. The number of amides is 1. The minimum atomic E-state index is 0.0416. The van der Waals surface area contributed by atoms with Gasteiger partial charge < -0.3 is 0 Å². The summed E-state index contributed by atoms with van der Waals surface area (Å²) in [7, 11) is 0. The molecule has 0 bridgehead atoms. The zero-order valence-corrected chi connectivity index (χ0v) is 10.7. The second-order valence-electron chi connectivity index (χ2n) is 5.13. The van der Waals surface area contributed by atoms with Gasteiger partial charge >= 0.3 is 0 Å². The molecule has 1 aromatic carbocycles. The van der Waals surface area contributed by atoms with Gasteiger partial charge in [-0.3, -0.25) is 10.2 Å². The molecule has 0 radical (unpaired) electrons.